The first-order valence-corrected chi connectivity index (χ1v) is 11.0. The molecule has 1 fully saturated rings. The zero-order valence-corrected chi connectivity index (χ0v) is 16.4. The Labute approximate surface area is 164 Å². The van der Waals surface area contributed by atoms with E-state index < -0.39 is 10.0 Å². The minimum Gasteiger partial charge on any atom is -0.212 e. The minimum absolute atomic E-state index is 0.0810. The first-order valence-electron chi connectivity index (χ1n) is 9.18. The Balaban J connectivity index is 1.58. The van der Waals surface area contributed by atoms with Crippen molar-refractivity contribution < 1.29 is 12.8 Å². The van der Waals surface area contributed by atoms with Gasteiger partial charge in [0.2, 0.25) is 10.0 Å². The van der Waals surface area contributed by atoms with E-state index in [0.29, 0.717) is 42.8 Å². The average Bonchev–Trinajstić information content (AvgIpc) is 2.68. The Morgan fingerprint density at radius 1 is 1.04 bits per heavy atom. The second kappa shape index (κ2) is 7.38. The maximum Gasteiger partial charge on any atom is 0.243 e. The Hall–Kier alpha value is -1.69. The number of rotatable bonds is 3. The van der Waals surface area contributed by atoms with Crippen LogP contribution in [-0.4, -0.2) is 25.8 Å². The normalized spacial score (nSPS) is 22.1. The van der Waals surface area contributed by atoms with E-state index in [0.717, 1.165) is 5.39 Å². The minimum atomic E-state index is -3.62. The molecule has 3 nitrogen and oxygen atoms in total. The summed E-state index contributed by atoms with van der Waals surface area (Å²) < 4.78 is 42.1. The van der Waals surface area contributed by atoms with Gasteiger partial charge >= 0.3 is 0 Å². The third-order valence-electron chi connectivity index (χ3n) is 5.56. The molecule has 1 unspecified atom stereocenters. The van der Waals surface area contributed by atoms with Gasteiger partial charge in [0, 0.05) is 34.8 Å². The van der Waals surface area contributed by atoms with Crippen molar-refractivity contribution in [2.45, 2.75) is 24.2 Å². The van der Waals surface area contributed by atoms with Crippen LogP contribution < -0.4 is 0 Å². The zero-order chi connectivity index (χ0) is 19.0. The smallest absolute Gasteiger partial charge is 0.212 e. The number of fused-ring (bicyclic) bond motifs is 1. The molecule has 1 aliphatic carbocycles. The average molecular weight is 406 g/mol. The van der Waals surface area contributed by atoms with Crippen LogP contribution in [0.2, 0.25) is 5.02 Å². The van der Waals surface area contributed by atoms with Crippen LogP contribution in [0.5, 0.6) is 0 Å². The van der Waals surface area contributed by atoms with Gasteiger partial charge in [0.1, 0.15) is 5.83 Å². The van der Waals surface area contributed by atoms with Crippen molar-refractivity contribution in [2.24, 2.45) is 11.8 Å². The third kappa shape index (κ3) is 3.44. The van der Waals surface area contributed by atoms with Gasteiger partial charge in [0.15, 0.2) is 0 Å². The maximum absolute atomic E-state index is 14.1. The predicted molar refractivity (Wildman–Crippen MR) is 107 cm³/mol. The van der Waals surface area contributed by atoms with Crippen LogP contribution in [0.25, 0.3) is 10.8 Å². The summed E-state index contributed by atoms with van der Waals surface area (Å²) in [5.74, 6) is -0.145. The fraction of sp³-hybridized carbons (Fsp3) is 0.333. The molecular weight excluding hydrogens is 385 g/mol. The van der Waals surface area contributed by atoms with Crippen molar-refractivity contribution >= 4 is 32.4 Å². The lowest BCUT2D eigenvalue weighted by atomic mass is 9.82. The Kier molecular flexibility index (Phi) is 5.10. The molecule has 1 saturated heterocycles. The third-order valence-corrected chi connectivity index (χ3v) is 7.85. The maximum atomic E-state index is 14.1. The summed E-state index contributed by atoms with van der Waals surface area (Å²) in [6.45, 7) is 0.809. The van der Waals surface area contributed by atoms with Crippen molar-refractivity contribution in [3.63, 3.8) is 0 Å². The number of piperidine rings is 1. The van der Waals surface area contributed by atoms with Crippen molar-refractivity contribution in [3.05, 3.63) is 65.5 Å². The first kappa shape index (κ1) is 18.7. The molecular formula is C21H21ClFNO2S. The summed E-state index contributed by atoms with van der Waals surface area (Å²) in [7, 11) is -3.62. The van der Waals surface area contributed by atoms with E-state index in [9.17, 15) is 12.8 Å². The number of nitrogens with zero attached hydrogens (tertiary/aromatic N) is 1. The standard InChI is InChI=1S/C21H21ClFNO2S/c22-19-8-3-7-18-17(19)6-4-10-21(18)27(25,26)24-13-11-15(12-14-24)16-5-1-2-9-20(16)23/h1,3-10,15-16H,2,11-14H2. The Morgan fingerprint density at radius 2 is 1.74 bits per heavy atom. The first-order chi connectivity index (χ1) is 13.0. The molecule has 0 saturated carbocycles. The van der Waals surface area contributed by atoms with Crippen molar-refractivity contribution in [1.29, 1.82) is 0 Å². The van der Waals surface area contributed by atoms with E-state index in [1.165, 1.54) is 4.31 Å². The fourth-order valence-electron chi connectivity index (χ4n) is 4.10. The highest BCUT2D eigenvalue weighted by atomic mass is 35.5. The second-order valence-electron chi connectivity index (χ2n) is 7.11. The molecule has 4 rings (SSSR count). The number of sulfonamides is 1. The Bertz CT molecular complexity index is 1020. The van der Waals surface area contributed by atoms with E-state index in [-0.39, 0.29) is 22.6 Å². The van der Waals surface area contributed by atoms with Gasteiger partial charge in [-0.1, -0.05) is 48.0 Å². The molecule has 1 heterocycles. The van der Waals surface area contributed by atoms with Gasteiger partial charge in [-0.15, -0.1) is 0 Å². The monoisotopic (exact) mass is 405 g/mol. The summed E-state index contributed by atoms with van der Waals surface area (Å²) in [5.41, 5.74) is 0. The van der Waals surface area contributed by atoms with E-state index >= 15 is 0 Å². The summed E-state index contributed by atoms with van der Waals surface area (Å²) in [4.78, 5) is 0.282. The van der Waals surface area contributed by atoms with Gasteiger partial charge in [-0.25, -0.2) is 12.8 Å². The number of halogens is 2. The van der Waals surface area contributed by atoms with Crippen LogP contribution in [0.3, 0.4) is 0 Å². The van der Waals surface area contributed by atoms with E-state index in [1.54, 1.807) is 36.4 Å². The molecule has 0 bridgehead atoms. The predicted octanol–water partition coefficient (Wildman–Crippen LogP) is 5.32. The lowest BCUT2D eigenvalue weighted by Gasteiger charge is -2.34. The number of hydrogen-bond acceptors (Lipinski definition) is 2. The quantitative estimate of drug-likeness (QED) is 0.648. The fourth-order valence-corrected chi connectivity index (χ4v) is 6.01. The largest absolute Gasteiger partial charge is 0.243 e. The molecule has 1 aliphatic heterocycles. The highest BCUT2D eigenvalue weighted by Gasteiger charge is 2.34. The summed E-state index contributed by atoms with van der Waals surface area (Å²) in [5, 5.41) is 1.90. The molecule has 2 aromatic carbocycles. The zero-order valence-electron chi connectivity index (χ0n) is 14.8. The van der Waals surface area contributed by atoms with Crippen molar-refractivity contribution in [1.82, 2.24) is 4.31 Å². The number of allylic oxidation sites excluding steroid dienone is 4. The van der Waals surface area contributed by atoms with E-state index in [4.69, 9.17) is 11.6 Å². The molecule has 1 atom stereocenters. The molecule has 0 spiro atoms. The molecule has 2 aliphatic rings. The number of benzene rings is 2. The molecule has 0 amide bonds. The lowest BCUT2D eigenvalue weighted by Crippen LogP contribution is -2.40. The van der Waals surface area contributed by atoms with Gasteiger partial charge in [0.25, 0.3) is 0 Å². The summed E-state index contributed by atoms with van der Waals surface area (Å²) in [6.07, 6.45) is 7.47. The highest BCUT2D eigenvalue weighted by Crippen LogP contribution is 2.36. The molecule has 0 N–H and O–H groups in total. The van der Waals surface area contributed by atoms with Crippen LogP contribution >= 0.6 is 11.6 Å². The van der Waals surface area contributed by atoms with Gasteiger partial charge in [-0.2, -0.15) is 4.31 Å². The molecule has 142 valence electrons. The topological polar surface area (TPSA) is 37.4 Å². The van der Waals surface area contributed by atoms with Crippen LogP contribution in [0.4, 0.5) is 4.39 Å². The van der Waals surface area contributed by atoms with Crippen molar-refractivity contribution in [3.8, 4) is 0 Å². The summed E-state index contributed by atoms with van der Waals surface area (Å²) >= 11 is 6.23. The van der Waals surface area contributed by atoms with E-state index in [1.807, 2.05) is 18.2 Å². The SMILES string of the molecule is O=S(=O)(c1cccc2c(Cl)cccc12)N1CCC(C2C=CCC=C2F)CC1. The van der Waals surface area contributed by atoms with Gasteiger partial charge in [-0.3, -0.25) is 0 Å². The lowest BCUT2D eigenvalue weighted by molar-refractivity contribution is 0.231. The molecule has 2 aromatic rings. The molecule has 0 aromatic heterocycles. The van der Waals surface area contributed by atoms with Crippen LogP contribution in [0.1, 0.15) is 19.3 Å². The van der Waals surface area contributed by atoms with Crippen LogP contribution in [0, 0.1) is 11.8 Å². The molecule has 6 heteroatoms. The molecule has 27 heavy (non-hydrogen) atoms. The second-order valence-corrected chi connectivity index (χ2v) is 9.42. The van der Waals surface area contributed by atoms with E-state index in [2.05, 4.69) is 0 Å². The number of hydrogen-bond donors (Lipinski definition) is 0. The van der Waals surface area contributed by atoms with Crippen LogP contribution in [0.15, 0.2) is 65.3 Å². The van der Waals surface area contributed by atoms with Gasteiger partial charge < -0.3 is 0 Å². The van der Waals surface area contributed by atoms with Crippen molar-refractivity contribution in [2.75, 3.05) is 13.1 Å². The van der Waals surface area contributed by atoms with Crippen LogP contribution in [-0.2, 0) is 10.0 Å². The highest BCUT2D eigenvalue weighted by molar-refractivity contribution is 7.89. The summed E-state index contributed by atoms with van der Waals surface area (Å²) in [6, 6.07) is 10.5. The van der Waals surface area contributed by atoms with Gasteiger partial charge in [0.05, 0.1) is 4.90 Å². The Morgan fingerprint density at radius 3 is 2.48 bits per heavy atom. The molecule has 0 radical (unpaired) electrons. The van der Waals surface area contributed by atoms with Gasteiger partial charge in [-0.05, 0) is 43.4 Å².